The highest BCUT2D eigenvalue weighted by Crippen LogP contribution is 2.19. The third kappa shape index (κ3) is 7.59. The minimum atomic E-state index is 0.459. The molecular weight excluding hydrogens is 336 g/mol. The highest BCUT2D eigenvalue weighted by molar-refractivity contribution is 8.00. The predicted molar refractivity (Wildman–Crippen MR) is 108 cm³/mol. The molecule has 2 nitrogen and oxygen atoms in total. The van der Waals surface area contributed by atoms with Crippen molar-refractivity contribution < 1.29 is 0 Å². The Morgan fingerprint density at radius 2 is 1.96 bits per heavy atom. The molecule has 0 saturated carbocycles. The Bertz CT molecular complexity index is 578. The van der Waals surface area contributed by atoms with Gasteiger partial charge in [0.05, 0.1) is 6.33 Å². The Kier molecular flexibility index (Phi) is 9.07. The maximum Gasteiger partial charge on any atom is 0.0946 e. The zero-order chi connectivity index (χ0) is 17.0. The van der Waals surface area contributed by atoms with E-state index in [1.807, 2.05) is 42.6 Å². The van der Waals surface area contributed by atoms with Crippen molar-refractivity contribution in [3.8, 4) is 0 Å². The number of halogens is 1. The minimum absolute atomic E-state index is 0.459. The van der Waals surface area contributed by atoms with Crippen molar-refractivity contribution in [1.82, 2.24) is 9.55 Å². The maximum absolute atomic E-state index is 5.95. The van der Waals surface area contributed by atoms with Crippen LogP contribution in [-0.4, -0.2) is 20.6 Å². The summed E-state index contributed by atoms with van der Waals surface area (Å²) in [5, 5.41) is 1.24. The van der Waals surface area contributed by atoms with Crippen LogP contribution in [0, 0.1) is 0 Å². The number of unbranched alkanes of at least 4 members (excludes halogenated alkanes) is 4. The Morgan fingerprint density at radius 1 is 1.17 bits per heavy atom. The van der Waals surface area contributed by atoms with Gasteiger partial charge in [0.1, 0.15) is 0 Å². The standard InChI is InChI=1S/C20H27ClN2S/c1-2-3-4-5-6-15-24-20(16-23-14-13-22-17-23)12-9-18-7-10-19(21)11-8-18/h7-14,17,20H,2-6,15-16H2,1H3/b12-9+. The number of nitrogens with zero attached hydrogens (tertiary/aromatic N) is 2. The average Bonchev–Trinajstić information content (AvgIpc) is 3.10. The molecule has 0 N–H and O–H groups in total. The number of imidazole rings is 1. The summed E-state index contributed by atoms with van der Waals surface area (Å²) in [5.41, 5.74) is 1.19. The Hall–Kier alpha value is -1.19. The molecule has 0 fully saturated rings. The summed E-state index contributed by atoms with van der Waals surface area (Å²) in [6.45, 7) is 3.22. The van der Waals surface area contributed by atoms with E-state index in [1.54, 1.807) is 0 Å². The zero-order valence-electron chi connectivity index (χ0n) is 14.4. The van der Waals surface area contributed by atoms with Gasteiger partial charge in [0.2, 0.25) is 0 Å². The van der Waals surface area contributed by atoms with Crippen molar-refractivity contribution in [3.05, 3.63) is 59.6 Å². The minimum Gasteiger partial charge on any atom is -0.336 e. The van der Waals surface area contributed by atoms with Gasteiger partial charge in [-0.15, -0.1) is 0 Å². The number of rotatable bonds is 11. The topological polar surface area (TPSA) is 17.8 Å². The van der Waals surface area contributed by atoms with Crippen molar-refractivity contribution >= 4 is 29.4 Å². The number of thioether (sulfide) groups is 1. The highest BCUT2D eigenvalue weighted by Gasteiger charge is 2.06. The molecule has 2 rings (SSSR count). The molecule has 24 heavy (non-hydrogen) atoms. The lowest BCUT2D eigenvalue weighted by molar-refractivity contribution is 0.658. The lowest BCUT2D eigenvalue weighted by Gasteiger charge is -2.13. The van der Waals surface area contributed by atoms with Gasteiger partial charge in [-0.05, 0) is 29.9 Å². The number of benzene rings is 1. The third-order valence-corrected chi connectivity index (χ3v) is 5.41. The molecule has 1 aromatic carbocycles. The van der Waals surface area contributed by atoms with E-state index in [-0.39, 0.29) is 0 Å². The van der Waals surface area contributed by atoms with E-state index in [0.29, 0.717) is 5.25 Å². The van der Waals surface area contributed by atoms with Crippen LogP contribution in [0.1, 0.15) is 44.6 Å². The van der Waals surface area contributed by atoms with Crippen molar-refractivity contribution in [1.29, 1.82) is 0 Å². The molecule has 0 aliphatic rings. The largest absolute Gasteiger partial charge is 0.336 e. The second-order valence-corrected chi connectivity index (χ2v) is 7.78. The van der Waals surface area contributed by atoms with Gasteiger partial charge in [-0.2, -0.15) is 11.8 Å². The van der Waals surface area contributed by atoms with Crippen molar-refractivity contribution in [2.45, 2.75) is 50.8 Å². The average molecular weight is 363 g/mol. The summed E-state index contributed by atoms with van der Waals surface area (Å²) in [7, 11) is 0. The third-order valence-electron chi connectivity index (χ3n) is 3.90. The molecule has 1 atom stereocenters. The van der Waals surface area contributed by atoms with Crippen molar-refractivity contribution in [2.75, 3.05) is 5.75 Å². The summed E-state index contributed by atoms with van der Waals surface area (Å²) >= 11 is 7.99. The van der Waals surface area contributed by atoms with E-state index in [1.165, 1.54) is 43.4 Å². The van der Waals surface area contributed by atoms with Crippen LogP contribution < -0.4 is 0 Å². The zero-order valence-corrected chi connectivity index (χ0v) is 16.0. The van der Waals surface area contributed by atoms with Crippen LogP contribution in [0.2, 0.25) is 5.02 Å². The lowest BCUT2D eigenvalue weighted by atomic mass is 10.2. The molecule has 0 bridgehead atoms. The molecular formula is C20H27ClN2S. The lowest BCUT2D eigenvalue weighted by Crippen LogP contribution is -2.10. The van der Waals surface area contributed by atoms with Crippen LogP contribution in [0.4, 0.5) is 0 Å². The van der Waals surface area contributed by atoms with Crippen LogP contribution in [-0.2, 0) is 6.54 Å². The quantitative estimate of drug-likeness (QED) is 0.435. The fourth-order valence-electron chi connectivity index (χ4n) is 2.50. The predicted octanol–water partition coefficient (Wildman–Crippen LogP) is 6.32. The number of aromatic nitrogens is 2. The molecule has 4 heteroatoms. The smallest absolute Gasteiger partial charge is 0.0946 e. The fraction of sp³-hybridized carbons (Fsp3) is 0.450. The molecule has 1 aromatic heterocycles. The van der Waals surface area contributed by atoms with Crippen LogP contribution in [0.5, 0.6) is 0 Å². The Balaban J connectivity index is 1.86. The fourth-order valence-corrected chi connectivity index (χ4v) is 3.77. The first-order valence-corrected chi connectivity index (χ1v) is 10.2. The van der Waals surface area contributed by atoms with E-state index in [4.69, 9.17) is 11.6 Å². The van der Waals surface area contributed by atoms with Crippen LogP contribution in [0.3, 0.4) is 0 Å². The first kappa shape index (κ1) is 19.1. The van der Waals surface area contributed by atoms with E-state index in [0.717, 1.165) is 11.6 Å². The molecule has 130 valence electrons. The van der Waals surface area contributed by atoms with Gasteiger partial charge in [0.25, 0.3) is 0 Å². The molecule has 0 aliphatic carbocycles. The highest BCUT2D eigenvalue weighted by atomic mass is 35.5. The molecule has 2 aromatic rings. The summed E-state index contributed by atoms with van der Waals surface area (Å²) in [5.74, 6) is 1.22. The Labute approximate surface area is 155 Å². The maximum atomic E-state index is 5.95. The molecule has 1 heterocycles. The number of hydrogen-bond donors (Lipinski definition) is 0. The SMILES string of the molecule is CCCCCCCSC(/C=C/c1ccc(Cl)cc1)Cn1ccnc1. The van der Waals surface area contributed by atoms with Gasteiger partial charge in [0.15, 0.2) is 0 Å². The molecule has 0 radical (unpaired) electrons. The normalized spacial score (nSPS) is 12.8. The van der Waals surface area contributed by atoms with Gasteiger partial charge >= 0.3 is 0 Å². The first-order valence-electron chi connectivity index (χ1n) is 8.79. The van der Waals surface area contributed by atoms with E-state index in [9.17, 15) is 0 Å². The van der Waals surface area contributed by atoms with Crippen molar-refractivity contribution in [2.24, 2.45) is 0 Å². The van der Waals surface area contributed by atoms with Crippen LogP contribution >= 0.6 is 23.4 Å². The van der Waals surface area contributed by atoms with Gasteiger partial charge < -0.3 is 4.57 Å². The van der Waals surface area contributed by atoms with E-state index in [2.05, 4.69) is 40.8 Å². The first-order chi connectivity index (χ1) is 11.8. The summed E-state index contributed by atoms with van der Waals surface area (Å²) in [6, 6.07) is 7.99. The van der Waals surface area contributed by atoms with Crippen LogP contribution in [0.15, 0.2) is 49.1 Å². The molecule has 0 aliphatic heterocycles. The second-order valence-electron chi connectivity index (χ2n) is 5.99. The van der Waals surface area contributed by atoms with Crippen LogP contribution in [0.25, 0.3) is 6.08 Å². The molecule has 1 unspecified atom stereocenters. The monoisotopic (exact) mass is 362 g/mol. The van der Waals surface area contributed by atoms with E-state index >= 15 is 0 Å². The van der Waals surface area contributed by atoms with Gasteiger partial charge in [-0.25, -0.2) is 4.98 Å². The van der Waals surface area contributed by atoms with Gasteiger partial charge in [-0.1, -0.05) is 68.5 Å². The second kappa shape index (κ2) is 11.4. The van der Waals surface area contributed by atoms with Gasteiger partial charge in [-0.3, -0.25) is 0 Å². The number of hydrogen-bond acceptors (Lipinski definition) is 2. The summed E-state index contributed by atoms with van der Waals surface area (Å²) in [4.78, 5) is 4.15. The summed E-state index contributed by atoms with van der Waals surface area (Å²) in [6.07, 6.45) is 17.0. The summed E-state index contributed by atoms with van der Waals surface area (Å²) < 4.78 is 2.15. The molecule has 0 amide bonds. The Morgan fingerprint density at radius 3 is 2.67 bits per heavy atom. The molecule has 0 spiro atoms. The van der Waals surface area contributed by atoms with E-state index < -0.39 is 0 Å². The van der Waals surface area contributed by atoms with Crippen molar-refractivity contribution in [3.63, 3.8) is 0 Å². The van der Waals surface area contributed by atoms with Gasteiger partial charge in [0, 0.05) is 29.2 Å². The molecule has 0 saturated heterocycles.